The number of nitrogens with one attached hydrogen (secondary N) is 3. The van der Waals surface area contributed by atoms with Crippen LogP contribution in [0.2, 0.25) is 0 Å². The fourth-order valence-corrected chi connectivity index (χ4v) is 3.27. The minimum absolute atomic E-state index is 0.202. The van der Waals surface area contributed by atoms with Crippen LogP contribution in [0.1, 0.15) is 39.3 Å². The van der Waals surface area contributed by atoms with Gasteiger partial charge in [-0.05, 0) is 26.1 Å². The average Bonchev–Trinajstić information content (AvgIpc) is 3.34. The first-order valence-electron chi connectivity index (χ1n) is 9.59. The molecule has 4 heterocycles. The third kappa shape index (κ3) is 3.90. The highest BCUT2D eigenvalue weighted by molar-refractivity contribution is 7.71. The number of aryl methyl sites for hydroxylation is 4. The van der Waals surface area contributed by atoms with Crippen LogP contribution in [0.5, 0.6) is 0 Å². The number of nitrogens with zero attached hydrogens (tertiary/aromatic N) is 5. The van der Waals surface area contributed by atoms with Crippen LogP contribution >= 0.6 is 12.2 Å². The van der Waals surface area contributed by atoms with Crippen LogP contribution in [0.3, 0.4) is 0 Å². The van der Waals surface area contributed by atoms with Gasteiger partial charge in [0.25, 0.3) is 11.1 Å². The molecule has 4 rings (SSSR count). The third-order valence-corrected chi connectivity index (χ3v) is 4.87. The van der Waals surface area contributed by atoms with Gasteiger partial charge in [-0.1, -0.05) is 13.8 Å². The van der Waals surface area contributed by atoms with Gasteiger partial charge in [0.2, 0.25) is 0 Å². The second kappa shape index (κ2) is 8.52. The van der Waals surface area contributed by atoms with Crippen molar-refractivity contribution in [3.05, 3.63) is 43.5 Å². The van der Waals surface area contributed by atoms with Crippen molar-refractivity contribution in [2.75, 3.05) is 0 Å². The lowest BCUT2D eigenvalue weighted by molar-refractivity contribution is 0.741. The molecule has 0 saturated heterocycles. The fraction of sp³-hybridized carbons (Fsp3) is 0.444. The van der Waals surface area contributed by atoms with E-state index in [0.29, 0.717) is 33.6 Å². The molecule has 154 valence electrons. The first-order chi connectivity index (χ1) is 13.9. The molecule has 0 aliphatic carbocycles. The van der Waals surface area contributed by atoms with E-state index >= 15 is 0 Å². The Morgan fingerprint density at radius 1 is 0.897 bits per heavy atom. The SMILES string of the molecule is CCc1nc2c([nH]1)c(=O)[nH]c(=S)n2CC.CCc1nc2c([nH]1)c(=O)ncn2CC. The number of H-pyrrole nitrogens is 3. The van der Waals surface area contributed by atoms with Crippen LogP contribution in [-0.2, 0) is 25.9 Å². The minimum atomic E-state index is -0.239. The van der Waals surface area contributed by atoms with Crippen LogP contribution < -0.4 is 11.1 Å². The zero-order valence-electron chi connectivity index (χ0n) is 16.9. The van der Waals surface area contributed by atoms with Crippen LogP contribution in [-0.4, -0.2) is 39.0 Å². The highest BCUT2D eigenvalue weighted by atomic mass is 32.1. The molecule has 0 saturated carbocycles. The van der Waals surface area contributed by atoms with Gasteiger partial charge in [-0.2, -0.15) is 4.98 Å². The van der Waals surface area contributed by atoms with Crippen molar-refractivity contribution in [1.29, 1.82) is 0 Å². The van der Waals surface area contributed by atoms with Crippen molar-refractivity contribution < 1.29 is 0 Å². The van der Waals surface area contributed by atoms with E-state index in [1.807, 2.05) is 36.8 Å². The van der Waals surface area contributed by atoms with E-state index in [9.17, 15) is 9.59 Å². The quantitative estimate of drug-likeness (QED) is 0.437. The van der Waals surface area contributed by atoms with E-state index < -0.39 is 0 Å². The Bertz CT molecular complexity index is 1320. The van der Waals surface area contributed by atoms with E-state index in [1.165, 1.54) is 6.33 Å². The Hall–Kier alpha value is -3.08. The summed E-state index contributed by atoms with van der Waals surface area (Å²) < 4.78 is 4.08. The Morgan fingerprint density at radius 2 is 1.52 bits per heavy atom. The van der Waals surface area contributed by atoms with E-state index in [1.54, 1.807) is 0 Å². The summed E-state index contributed by atoms with van der Waals surface area (Å²) in [5.74, 6) is 1.63. The van der Waals surface area contributed by atoms with Gasteiger partial charge in [0.05, 0.1) is 0 Å². The first-order valence-corrected chi connectivity index (χ1v) is 9.99. The van der Waals surface area contributed by atoms with Crippen molar-refractivity contribution >= 4 is 34.5 Å². The zero-order chi connectivity index (χ0) is 21.1. The summed E-state index contributed by atoms with van der Waals surface area (Å²) >= 11 is 5.07. The summed E-state index contributed by atoms with van der Waals surface area (Å²) in [5, 5.41) is 0. The predicted molar refractivity (Wildman–Crippen MR) is 114 cm³/mol. The molecule has 0 atom stereocenters. The Morgan fingerprint density at radius 3 is 2.10 bits per heavy atom. The van der Waals surface area contributed by atoms with E-state index in [0.717, 1.165) is 31.0 Å². The Kier molecular flexibility index (Phi) is 6.06. The molecule has 3 N–H and O–H groups in total. The van der Waals surface area contributed by atoms with Gasteiger partial charge in [0.1, 0.15) is 23.5 Å². The van der Waals surface area contributed by atoms with Gasteiger partial charge in [0, 0.05) is 25.9 Å². The molecular weight excluding hydrogens is 392 g/mol. The summed E-state index contributed by atoms with van der Waals surface area (Å²) in [6.45, 7) is 9.39. The molecule has 0 spiro atoms. The predicted octanol–water partition coefficient (Wildman–Crippen LogP) is 2.07. The van der Waals surface area contributed by atoms with Gasteiger partial charge in [-0.15, -0.1) is 0 Å². The van der Waals surface area contributed by atoms with Gasteiger partial charge in [-0.25, -0.2) is 9.97 Å². The summed E-state index contributed by atoms with van der Waals surface area (Å²) in [5.41, 5.74) is 1.91. The van der Waals surface area contributed by atoms with Crippen LogP contribution in [0, 0.1) is 4.77 Å². The van der Waals surface area contributed by atoms with Gasteiger partial charge < -0.3 is 19.1 Å². The molecule has 0 fully saturated rings. The molecule has 10 nitrogen and oxygen atoms in total. The first kappa shape index (κ1) is 20.6. The van der Waals surface area contributed by atoms with Crippen molar-refractivity contribution in [2.24, 2.45) is 0 Å². The largest absolute Gasteiger partial charge is 0.336 e. The topological polar surface area (TPSA) is 130 Å². The lowest BCUT2D eigenvalue weighted by Crippen LogP contribution is -2.13. The standard InChI is InChI=1S/C9H12N4OS.C9H12N4O/c1-3-5-10-6-7(11-5)13(4-2)9(15)12-8(6)14;1-3-6-11-7-8(12-6)13(4-2)5-10-9(7)14/h3-4H2,1-2H3,(H,10,11)(H,12,14,15);5H,3-4H2,1-2H3,(H,11,12). The molecule has 0 aromatic carbocycles. The van der Waals surface area contributed by atoms with Crippen molar-refractivity contribution in [2.45, 2.75) is 53.6 Å². The molecule has 29 heavy (non-hydrogen) atoms. The number of fused-ring (bicyclic) bond motifs is 2. The lowest BCUT2D eigenvalue weighted by atomic mass is 10.5. The normalized spacial score (nSPS) is 11.0. The van der Waals surface area contributed by atoms with Gasteiger partial charge >= 0.3 is 0 Å². The summed E-state index contributed by atoms with van der Waals surface area (Å²) in [6.07, 6.45) is 3.09. The van der Waals surface area contributed by atoms with Crippen LogP contribution in [0.4, 0.5) is 0 Å². The second-order valence-electron chi connectivity index (χ2n) is 6.31. The molecule has 0 radical (unpaired) electrons. The highest BCUT2D eigenvalue weighted by Gasteiger charge is 2.09. The monoisotopic (exact) mass is 416 g/mol. The number of hydrogen-bond donors (Lipinski definition) is 3. The summed E-state index contributed by atoms with van der Waals surface area (Å²) in [7, 11) is 0. The molecule has 0 unspecified atom stereocenters. The van der Waals surface area contributed by atoms with E-state index in [-0.39, 0.29) is 11.1 Å². The maximum absolute atomic E-state index is 11.6. The molecule has 0 amide bonds. The third-order valence-electron chi connectivity index (χ3n) is 4.54. The molecule has 0 aliphatic heterocycles. The molecule has 0 bridgehead atoms. The van der Waals surface area contributed by atoms with Gasteiger partial charge in [-0.3, -0.25) is 14.6 Å². The second-order valence-corrected chi connectivity index (χ2v) is 6.70. The average molecular weight is 417 g/mol. The van der Waals surface area contributed by atoms with Crippen LogP contribution in [0.25, 0.3) is 22.3 Å². The number of imidazole rings is 2. The molecular formula is C18H24N8O2S. The zero-order valence-corrected chi connectivity index (χ0v) is 17.7. The minimum Gasteiger partial charge on any atom is -0.336 e. The number of aromatic nitrogens is 8. The molecule has 4 aromatic heterocycles. The Labute approximate surface area is 171 Å². The highest BCUT2D eigenvalue weighted by Crippen LogP contribution is 2.08. The van der Waals surface area contributed by atoms with E-state index in [2.05, 4.69) is 29.9 Å². The maximum Gasteiger partial charge on any atom is 0.298 e. The lowest BCUT2D eigenvalue weighted by Gasteiger charge is -2.02. The fourth-order valence-electron chi connectivity index (χ4n) is 2.96. The number of rotatable bonds is 4. The smallest absolute Gasteiger partial charge is 0.298 e. The number of hydrogen-bond acceptors (Lipinski definition) is 6. The molecule has 4 aromatic rings. The summed E-state index contributed by atoms with van der Waals surface area (Å²) in [4.78, 5) is 44.0. The van der Waals surface area contributed by atoms with Gasteiger partial charge in [0.15, 0.2) is 21.6 Å². The molecule has 0 aliphatic rings. The summed E-state index contributed by atoms with van der Waals surface area (Å²) in [6, 6.07) is 0. The maximum atomic E-state index is 11.6. The van der Waals surface area contributed by atoms with Crippen molar-refractivity contribution in [1.82, 2.24) is 39.0 Å². The molecule has 11 heteroatoms. The van der Waals surface area contributed by atoms with E-state index in [4.69, 9.17) is 12.2 Å². The number of aromatic amines is 3. The van der Waals surface area contributed by atoms with Crippen molar-refractivity contribution in [3.63, 3.8) is 0 Å². The Balaban J connectivity index is 0.000000166. The van der Waals surface area contributed by atoms with Crippen molar-refractivity contribution in [3.8, 4) is 0 Å². The van der Waals surface area contributed by atoms with Crippen LogP contribution in [0.15, 0.2) is 15.9 Å².